The van der Waals surface area contributed by atoms with Gasteiger partial charge in [0.25, 0.3) is 0 Å². The molecule has 3 heteroatoms. The maximum absolute atomic E-state index is 12.6. The predicted octanol–water partition coefficient (Wildman–Crippen LogP) is 4.04. The number of hydrogen-bond acceptors (Lipinski definition) is 0. The average Bonchev–Trinajstić information content (AvgIpc) is 2.16. The van der Waals surface area contributed by atoms with Crippen LogP contribution in [-0.2, 0) is 6.18 Å². The molecular weight excluding hydrogens is 201 g/mol. The van der Waals surface area contributed by atoms with E-state index in [1.807, 2.05) is 0 Å². The van der Waals surface area contributed by atoms with Crippen molar-refractivity contribution in [3.05, 3.63) is 54.4 Å². The third-order valence-electron chi connectivity index (χ3n) is 2.32. The molecule has 0 heterocycles. The summed E-state index contributed by atoms with van der Waals surface area (Å²) in [4.78, 5) is 0. The van der Waals surface area contributed by atoms with Crippen LogP contribution in [0, 0.1) is 6.92 Å². The first-order chi connectivity index (χ1) is 7.00. The van der Waals surface area contributed by atoms with E-state index in [1.165, 1.54) is 12.1 Å². The molecule has 15 heavy (non-hydrogen) atoms. The molecule has 0 aliphatic rings. The van der Waals surface area contributed by atoms with E-state index in [9.17, 15) is 13.2 Å². The molecule has 2 rings (SSSR count). The highest BCUT2D eigenvalue weighted by molar-refractivity contribution is 5.89. The zero-order valence-corrected chi connectivity index (χ0v) is 7.81. The third-order valence-corrected chi connectivity index (χ3v) is 2.32. The van der Waals surface area contributed by atoms with Gasteiger partial charge in [-0.25, -0.2) is 0 Å². The molecule has 1 radical (unpaired) electrons. The van der Waals surface area contributed by atoms with Gasteiger partial charge in [0.15, 0.2) is 0 Å². The van der Waals surface area contributed by atoms with Gasteiger partial charge < -0.3 is 0 Å². The highest BCUT2D eigenvalue weighted by Gasteiger charge is 2.32. The summed E-state index contributed by atoms with van der Waals surface area (Å²) in [6.07, 6.45) is -4.31. The van der Waals surface area contributed by atoms with E-state index >= 15 is 0 Å². The second kappa shape index (κ2) is 3.26. The number of benzene rings is 2. The number of alkyl halides is 3. The molecule has 0 amide bonds. The summed E-state index contributed by atoms with van der Waals surface area (Å²) in [6, 6.07) is 8.88. The fourth-order valence-corrected chi connectivity index (χ4v) is 1.62. The lowest BCUT2D eigenvalue weighted by molar-refractivity contribution is -0.136. The minimum absolute atomic E-state index is 0.206. The highest BCUT2D eigenvalue weighted by Crippen LogP contribution is 2.35. The van der Waals surface area contributed by atoms with Gasteiger partial charge in [0, 0.05) is 0 Å². The molecule has 0 aromatic heterocycles. The normalized spacial score (nSPS) is 12.0. The number of rotatable bonds is 0. The van der Waals surface area contributed by atoms with E-state index in [0.29, 0.717) is 10.9 Å². The summed E-state index contributed by atoms with van der Waals surface area (Å²) >= 11 is 0. The lowest BCUT2D eigenvalue weighted by Gasteiger charge is -2.11. The first-order valence-electron chi connectivity index (χ1n) is 4.41. The van der Waals surface area contributed by atoms with Gasteiger partial charge in [-0.2, -0.15) is 13.2 Å². The molecule has 0 aliphatic heterocycles. The summed E-state index contributed by atoms with van der Waals surface area (Å²) in [5, 5.41) is 0.754. The van der Waals surface area contributed by atoms with Crippen molar-refractivity contribution in [1.82, 2.24) is 0 Å². The molecule has 77 valence electrons. The van der Waals surface area contributed by atoms with Gasteiger partial charge in [0.05, 0.1) is 5.56 Å². The van der Waals surface area contributed by atoms with Gasteiger partial charge in [-0.3, -0.25) is 0 Å². The van der Waals surface area contributed by atoms with Gasteiger partial charge in [0.2, 0.25) is 0 Å². The second-order valence-electron chi connectivity index (χ2n) is 3.32. The molecule has 0 bridgehead atoms. The van der Waals surface area contributed by atoms with Crippen molar-refractivity contribution in [2.45, 2.75) is 6.18 Å². The van der Waals surface area contributed by atoms with Crippen LogP contribution in [0.5, 0.6) is 0 Å². The Morgan fingerprint density at radius 1 is 0.867 bits per heavy atom. The zero-order chi connectivity index (χ0) is 11.1. The van der Waals surface area contributed by atoms with Crippen LogP contribution in [0.3, 0.4) is 0 Å². The highest BCUT2D eigenvalue weighted by atomic mass is 19.4. The Labute approximate surface area is 85.3 Å². The van der Waals surface area contributed by atoms with Crippen molar-refractivity contribution in [2.75, 3.05) is 0 Å². The molecule has 0 N–H and O–H groups in total. The largest absolute Gasteiger partial charge is 0.417 e. The summed E-state index contributed by atoms with van der Waals surface area (Å²) in [6.45, 7) is 3.70. The zero-order valence-electron chi connectivity index (χ0n) is 7.81. The van der Waals surface area contributed by atoms with E-state index in [4.69, 9.17) is 0 Å². The standard InChI is InChI=1S/C12H8F3/c1-8-4-2-6-10-9(8)5-3-7-11(10)12(13,14)15/h2-7H,1H2. The van der Waals surface area contributed by atoms with Crippen LogP contribution in [0.4, 0.5) is 13.2 Å². The topological polar surface area (TPSA) is 0 Å². The van der Waals surface area contributed by atoms with E-state index in [2.05, 4.69) is 6.92 Å². The quantitative estimate of drug-likeness (QED) is 0.614. The summed E-state index contributed by atoms with van der Waals surface area (Å²) in [7, 11) is 0. The fourth-order valence-electron chi connectivity index (χ4n) is 1.62. The molecule has 2 aromatic rings. The van der Waals surface area contributed by atoms with Crippen molar-refractivity contribution < 1.29 is 13.2 Å². The molecule has 0 saturated carbocycles. The maximum atomic E-state index is 12.6. The number of halogens is 3. The van der Waals surface area contributed by atoms with Crippen molar-refractivity contribution in [1.29, 1.82) is 0 Å². The van der Waals surface area contributed by atoms with Gasteiger partial charge in [0.1, 0.15) is 0 Å². The van der Waals surface area contributed by atoms with Crippen molar-refractivity contribution in [2.24, 2.45) is 0 Å². The average molecular weight is 209 g/mol. The molecule has 0 saturated heterocycles. The van der Waals surface area contributed by atoms with Crippen molar-refractivity contribution in [3.63, 3.8) is 0 Å². The van der Waals surface area contributed by atoms with Crippen LogP contribution in [0.15, 0.2) is 36.4 Å². The Kier molecular flexibility index (Phi) is 2.18. The lowest BCUT2D eigenvalue weighted by atomic mass is 10.0. The van der Waals surface area contributed by atoms with Gasteiger partial charge in [-0.05, 0) is 29.3 Å². The van der Waals surface area contributed by atoms with Crippen LogP contribution in [0.25, 0.3) is 10.8 Å². The summed E-state index contributed by atoms with van der Waals surface area (Å²) < 4.78 is 37.9. The second-order valence-corrected chi connectivity index (χ2v) is 3.32. The monoisotopic (exact) mass is 209 g/mol. The van der Waals surface area contributed by atoms with E-state index in [0.717, 1.165) is 6.07 Å². The minimum Gasteiger partial charge on any atom is -0.166 e. The van der Waals surface area contributed by atoms with Crippen molar-refractivity contribution >= 4 is 10.8 Å². The number of fused-ring (bicyclic) bond motifs is 1. The van der Waals surface area contributed by atoms with Gasteiger partial charge in [-0.1, -0.05) is 30.3 Å². The minimum atomic E-state index is -4.31. The molecule has 0 unspecified atom stereocenters. The van der Waals surface area contributed by atoms with Crippen LogP contribution in [0.2, 0.25) is 0 Å². The Balaban J connectivity index is 2.83. The maximum Gasteiger partial charge on any atom is 0.417 e. The summed E-state index contributed by atoms with van der Waals surface area (Å²) in [5.74, 6) is 0. The van der Waals surface area contributed by atoms with E-state index < -0.39 is 11.7 Å². The van der Waals surface area contributed by atoms with Crippen LogP contribution in [0.1, 0.15) is 11.1 Å². The molecule has 0 nitrogen and oxygen atoms in total. The van der Waals surface area contributed by atoms with Crippen LogP contribution >= 0.6 is 0 Å². The lowest BCUT2D eigenvalue weighted by Crippen LogP contribution is -2.05. The SMILES string of the molecule is [CH2]c1cccc2c(C(F)(F)F)cccc12. The smallest absolute Gasteiger partial charge is 0.166 e. The van der Waals surface area contributed by atoms with E-state index in [1.54, 1.807) is 18.2 Å². The Bertz CT molecular complexity index is 498. The number of hydrogen-bond donors (Lipinski definition) is 0. The third kappa shape index (κ3) is 1.69. The molecular formula is C12H8F3. The van der Waals surface area contributed by atoms with Crippen molar-refractivity contribution in [3.8, 4) is 0 Å². The Morgan fingerprint density at radius 2 is 1.47 bits per heavy atom. The predicted molar refractivity (Wildman–Crippen MR) is 53.4 cm³/mol. The summed E-state index contributed by atoms with van der Waals surface area (Å²) in [5.41, 5.74) is 0.00380. The molecule has 0 spiro atoms. The van der Waals surface area contributed by atoms with Gasteiger partial charge >= 0.3 is 6.18 Å². The van der Waals surface area contributed by atoms with Crippen LogP contribution < -0.4 is 0 Å². The molecule has 0 fully saturated rings. The molecule has 0 aliphatic carbocycles. The Morgan fingerprint density at radius 3 is 2.13 bits per heavy atom. The first kappa shape index (κ1) is 10.0. The first-order valence-corrected chi connectivity index (χ1v) is 4.41. The molecule has 0 atom stereocenters. The van der Waals surface area contributed by atoms with Crippen LogP contribution in [-0.4, -0.2) is 0 Å². The Hall–Kier alpha value is -1.51. The van der Waals surface area contributed by atoms with E-state index in [-0.39, 0.29) is 5.39 Å². The fraction of sp³-hybridized carbons (Fsp3) is 0.0833. The molecule has 2 aromatic carbocycles. The van der Waals surface area contributed by atoms with Gasteiger partial charge in [-0.15, -0.1) is 0 Å².